The van der Waals surface area contributed by atoms with E-state index in [2.05, 4.69) is 10.3 Å². The first kappa shape index (κ1) is 10.9. The second-order valence-electron chi connectivity index (χ2n) is 5.05. The predicted molar refractivity (Wildman–Crippen MR) is 70.5 cm³/mol. The Morgan fingerprint density at radius 3 is 2.79 bits per heavy atom. The van der Waals surface area contributed by atoms with E-state index in [1.807, 2.05) is 18.2 Å². The number of rotatable bonds is 2. The first-order valence-corrected chi connectivity index (χ1v) is 6.42. The summed E-state index contributed by atoms with van der Waals surface area (Å²) in [5, 5.41) is 14.8. The Hall–Kier alpha value is -2.01. The highest BCUT2D eigenvalue weighted by atomic mass is 16.7. The predicted octanol–water partition coefficient (Wildman–Crippen LogP) is 1.90. The molecular formula is C14H14N2O3. The van der Waals surface area contributed by atoms with Crippen LogP contribution in [0.4, 0.5) is 5.82 Å². The summed E-state index contributed by atoms with van der Waals surface area (Å²) < 4.78 is 10.8. The molecular weight excluding hydrogens is 244 g/mol. The van der Waals surface area contributed by atoms with Gasteiger partial charge in [0.25, 0.3) is 0 Å². The van der Waals surface area contributed by atoms with Crippen LogP contribution in [-0.2, 0) is 0 Å². The number of pyridine rings is 1. The van der Waals surface area contributed by atoms with Crippen molar-refractivity contribution in [1.29, 1.82) is 0 Å². The first-order chi connectivity index (χ1) is 9.29. The lowest BCUT2D eigenvalue weighted by Gasteiger charge is -2.32. The maximum atomic E-state index is 9.34. The van der Waals surface area contributed by atoms with Crippen molar-refractivity contribution < 1.29 is 14.6 Å². The topological polar surface area (TPSA) is 63.6 Å². The lowest BCUT2D eigenvalue weighted by molar-refractivity contribution is 0.0836. The minimum atomic E-state index is -0.173. The molecule has 1 fully saturated rings. The van der Waals surface area contributed by atoms with Gasteiger partial charge in [0.15, 0.2) is 11.5 Å². The van der Waals surface area contributed by atoms with Crippen LogP contribution in [0.2, 0.25) is 0 Å². The van der Waals surface area contributed by atoms with E-state index in [4.69, 9.17) is 9.47 Å². The molecule has 0 radical (unpaired) electrons. The van der Waals surface area contributed by atoms with Crippen LogP contribution in [0.25, 0.3) is 10.8 Å². The number of hydrogen-bond acceptors (Lipinski definition) is 5. The van der Waals surface area contributed by atoms with Crippen LogP contribution in [0, 0.1) is 0 Å². The van der Waals surface area contributed by atoms with Gasteiger partial charge in [-0.25, -0.2) is 4.98 Å². The molecule has 0 saturated heterocycles. The summed E-state index contributed by atoms with van der Waals surface area (Å²) >= 11 is 0. The van der Waals surface area contributed by atoms with Crippen LogP contribution in [0.3, 0.4) is 0 Å². The molecule has 19 heavy (non-hydrogen) atoms. The van der Waals surface area contributed by atoms with E-state index in [0.717, 1.165) is 40.9 Å². The fraction of sp³-hybridized carbons (Fsp3) is 0.357. The summed E-state index contributed by atoms with van der Waals surface area (Å²) in [5.74, 6) is 2.38. The molecule has 0 bridgehead atoms. The molecule has 1 saturated carbocycles. The van der Waals surface area contributed by atoms with E-state index in [0.29, 0.717) is 6.04 Å². The van der Waals surface area contributed by atoms with E-state index < -0.39 is 0 Å². The van der Waals surface area contributed by atoms with E-state index in [9.17, 15) is 5.11 Å². The number of aliphatic hydroxyl groups is 1. The van der Waals surface area contributed by atoms with Crippen molar-refractivity contribution in [2.75, 3.05) is 12.1 Å². The monoisotopic (exact) mass is 258 g/mol. The molecule has 0 unspecified atom stereocenters. The molecule has 4 rings (SSSR count). The number of nitrogens with zero attached hydrogens (tertiary/aromatic N) is 1. The number of hydrogen-bond donors (Lipinski definition) is 2. The van der Waals surface area contributed by atoms with Crippen molar-refractivity contribution in [2.45, 2.75) is 25.0 Å². The Morgan fingerprint density at radius 1 is 1.21 bits per heavy atom. The maximum Gasteiger partial charge on any atom is 0.231 e. The summed E-state index contributed by atoms with van der Waals surface area (Å²) in [6.07, 6.45) is 3.17. The fourth-order valence-electron chi connectivity index (χ4n) is 2.58. The van der Waals surface area contributed by atoms with Crippen molar-refractivity contribution in [3.63, 3.8) is 0 Å². The molecule has 2 aromatic rings. The van der Waals surface area contributed by atoms with Crippen molar-refractivity contribution in [3.05, 3.63) is 24.4 Å². The van der Waals surface area contributed by atoms with Crippen molar-refractivity contribution in [1.82, 2.24) is 4.98 Å². The molecule has 2 N–H and O–H groups in total. The second kappa shape index (κ2) is 3.99. The van der Waals surface area contributed by atoms with Gasteiger partial charge >= 0.3 is 0 Å². The van der Waals surface area contributed by atoms with Crippen molar-refractivity contribution in [3.8, 4) is 11.5 Å². The number of anilines is 1. The van der Waals surface area contributed by atoms with Gasteiger partial charge in [0, 0.05) is 17.6 Å². The number of ether oxygens (including phenoxy) is 2. The average Bonchev–Trinajstić information content (AvgIpc) is 2.82. The van der Waals surface area contributed by atoms with E-state index in [1.54, 1.807) is 6.20 Å². The molecule has 5 heteroatoms. The zero-order valence-corrected chi connectivity index (χ0v) is 10.3. The van der Waals surface area contributed by atoms with Crippen LogP contribution < -0.4 is 14.8 Å². The third-order valence-corrected chi connectivity index (χ3v) is 3.71. The molecule has 5 nitrogen and oxygen atoms in total. The van der Waals surface area contributed by atoms with Gasteiger partial charge in [-0.05, 0) is 36.4 Å². The minimum Gasteiger partial charge on any atom is -0.454 e. The summed E-state index contributed by atoms with van der Waals surface area (Å²) in [6, 6.07) is 6.19. The van der Waals surface area contributed by atoms with Gasteiger partial charge in [0.2, 0.25) is 6.79 Å². The molecule has 1 aromatic heterocycles. The summed E-state index contributed by atoms with van der Waals surface area (Å²) in [5.41, 5.74) is 0. The highest BCUT2D eigenvalue weighted by Crippen LogP contribution is 2.38. The standard InChI is InChI=1S/C14H14N2O3/c17-10-4-9(5-10)16-14-11-6-13-12(18-7-19-13)3-8(11)1-2-15-14/h1-3,6,9-10,17H,4-5,7H2,(H,15,16). The van der Waals surface area contributed by atoms with E-state index in [1.165, 1.54) is 0 Å². The van der Waals surface area contributed by atoms with Gasteiger partial charge in [-0.2, -0.15) is 0 Å². The maximum absolute atomic E-state index is 9.34. The number of aliphatic hydroxyl groups excluding tert-OH is 1. The molecule has 2 aliphatic rings. The van der Waals surface area contributed by atoms with E-state index >= 15 is 0 Å². The van der Waals surface area contributed by atoms with Crippen molar-refractivity contribution >= 4 is 16.6 Å². The molecule has 1 aliphatic carbocycles. The summed E-state index contributed by atoms with van der Waals surface area (Å²) in [7, 11) is 0. The quantitative estimate of drug-likeness (QED) is 0.861. The molecule has 0 atom stereocenters. The summed E-state index contributed by atoms with van der Waals surface area (Å²) in [4.78, 5) is 4.39. The Bertz CT molecular complexity index is 638. The normalized spacial score (nSPS) is 24.3. The molecule has 1 aromatic carbocycles. The SMILES string of the molecule is OC1CC(Nc2nccc3cc4c(cc23)OCO4)C1. The van der Waals surface area contributed by atoms with Gasteiger partial charge in [0.1, 0.15) is 5.82 Å². The van der Waals surface area contributed by atoms with Gasteiger partial charge in [-0.15, -0.1) is 0 Å². The summed E-state index contributed by atoms with van der Waals surface area (Å²) in [6.45, 7) is 0.274. The Labute approximate surface area is 110 Å². The zero-order chi connectivity index (χ0) is 12.8. The molecule has 0 amide bonds. The zero-order valence-electron chi connectivity index (χ0n) is 10.3. The molecule has 0 spiro atoms. The van der Waals surface area contributed by atoms with Crippen LogP contribution in [0.5, 0.6) is 11.5 Å². The fourth-order valence-corrected chi connectivity index (χ4v) is 2.58. The average molecular weight is 258 g/mol. The number of nitrogens with one attached hydrogen (secondary N) is 1. The second-order valence-corrected chi connectivity index (χ2v) is 5.05. The van der Waals surface area contributed by atoms with Gasteiger partial charge in [0.05, 0.1) is 6.10 Å². The lowest BCUT2D eigenvalue weighted by atomic mass is 9.89. The highest BCUT2D eigenvalue weighted by Gasteiger charge is 2.27. The smallest absolute Gasteiger partial charge is 0.231 e. The lowest BCUT2D eigenvalue weighted by Crippen LogP contribution is -2.39. The van der Waals surface area contributed by atoms with Crippen molar-refractivity contribution in [2.24, 2.45) is 0 Å². The largest absolute Gasteiger partial charge is 0.454 e. The van der Waals surface area contributed by atoms with Crippen LogP contribution in [0.15, 0.2) is 24.4 Å². The number of benzene rings is 1. The number of fused-ring (bicyclic) bond motifs is 2. The number of aromatic nitrogens is 1. The Morgan fingerprint density at radius 2 is 2.00 bits per heavy atom. The van der Waals surface area contributed by atoms with Crippen LogP contribution in [0.1, 0.15) is 12.8 Å². The van der Waals surface area contributed by atoms with Gasteiger partial charge in [-0.1, -0.05) is 0 Å². The molecule has 1 aliphatic heterocycles. The van der Waals surface area contributed by atoms with Crippen LogP contribution in [-0.4, -0.2) is 29.0 Å². The van der Waals surface area contributed by atoms with E-state index in [-0.39, 0.29) is 12.9 Å². The molecule has 98 valence electrons. The third kappa shape index (κ3) is 1.77. The van der Waals surface area contributed by atoms with Crippen LogP contribution >= 0.6 is 0 Å². The molecule has 2 heterocycles. The first-order valence-electron chi connectivity index (χ1n) is 6.42. The minimum absolute atomic E-state index is 0.173. The Kier molecular flexibility index (Phi) is 2.29. The third-order valence-electron chi connectivity index (χ3n) is 3.71. The van der Waals surface area contributed by atoms with Gasteiger partial charge < -0.3 is 19.9 Å². The highest BCUT2D eigenvalue weighted by molar-refractivity contribution is 5.94. The van der Waals surface area contributed by atoms with Gasteiger partial charge in [-0.3, -0.25) is 0 Å². The Balaban J connectivity index is 1.74.